The number of hydrogen-bond acceptors (Lipinski definition) is 3. The number of carbonyl (C=O) groups excluding carboxylic acids is 1. The summed E-state index contributed by atoms with van der Waals surface area (Å²) in [6.45, 7) is 19.5. The summed E-state index contributed by atoms with van der Waals surface area (Å²) >= 11 is 0. The number of pyridine rings is 1. The van der Waals surface area contributed by atoms with Gasteiger partial charge in [0.15, 0.2) is 0 Å². The Hall–Kier alpha value is -1.42. The fraction of sp³-hybridized carbons (Fsp3) is 0.714. The second-order valence-electron chi connectivity index (χ2n) is 7.45. The average Bonchev–Trinajstić information content (AvgIpc) is 2.97. The van der Waals surface area contributed by atoms with Crippen LogP contribution in [0.5, 0.6) is 0 Å². The van der Waals surface area contributed by atoms with E-state index < -0.39 is 0 Å². The third-order valence-electron chi connectivity index (χ3n) is 4.52. The van der Waals surface area contributed by atoms with E-state index in [-0.39, 0.29) is 11.3 Å². The minimum Gasteiger partial charge on any atom is -0.337 e. The maximum atomic E-state index is 12.6. The first-order valence-electron chi connectivity index (χ1n) is 9.90. The van der Waals surface area contributed by atoms with Gasteiger partial charge in [-0.3, -0.25) is 9.69 Å². The molecule has 0 saturated carbocycles. The van der Waals surface area contributed by atoms with Gasteiger partial charge in [-0.25, -0.2) is 4.98 Å². The molecule has 0 bridgehead atoms. The van der Waals surface area contributed by atoms with Crippen LogP contribution in [0.4, 0.5) is 0 Å². The molecule has 2 saturated heterocycles. The molecule has 0 atom stereocenters. The Bertz CT molecular complexity index is 536. The van der Waals surface area contributed by atoms with Crippen LogP contribution in [-0.2, 0) is 6.54 Å². The molecular weight excluding hydrogens is 310 g/mol. The molecule has 1 amide bonds. The highest BCUT2D eigenvalue weighted by atomic mass is 16.2. The second kappa shape index (κ2) is 9.91. The molecule has 0 N–H and O–H groups in total. The quantitative estimate of drug-likeness (QED) is 0.810. The van der Waals surface area contributed by atoms with Crippen LogP contribution < -0.4 is 0 Å². The minimum absolute atomic E-state index is 0.0828. The van der Waals surface area contributed by atoms with E-state index in [1.54, 1.807) is 0 Å². The summed E-state index contributed by atoms with van der Waals surface area (Å²) in [7, 11) is 0. The molecule has 0 spiro atoms. The average molecular weight is 348 g/mol. The van der Waals surface area contributed by atoms with Gasteiger partial charge in [0, 0.05) is 32.7 Å². The maximum Gasteiger partial charge on any atom is 0.272 e. The Morgan fingerprint density at radius 2 is 1.84 bits per heavy atom. The summed E-state index contributed by atoms with van der Waals surface area (Å²) in [5.41, 5.74) is 1.84. The van der Waals surface area contributed by atoms with Gasteiger partial charge in [0.1, 0.15) is 5.69 Å². The fourth-order valence-electron chi connectivity index (χ4n) is 3.32. The van der Waals surface area contributed by atoms with E-state index >= 15 is 0 Å². The van der Waals surface area contributed by atoms with Gasteiger partial charge in [0.2, 0.25) is 0 Å². The molecule has 2 aliphatic heterocycles. The molecule has 3 rings (SSSR count). The van der Waals surface area contributed by atoms with Gasteiger partial charge in [-0.05, 0) is 29.9 Å². The summed E-state index contributed by atoms with van der Waals surface area (Å²) in [6, 6.07) is 5.82. The SMILES string of the molecule is CC.CC.CC1CN(Cc2cccc(C(=O)N3CCC(C)(C)C3)n2)C1. The number of nitrogens with zero attached hydrogens (tertiary/aromatic N) is 3. The molecule has 2 aliphatic rings. The molecule has 0 aromatic carbocycles. The summed E-state index contributed by atoms with van der Waals surface area (Å²) in [5.74, 6) is 0.876. The molecule has 142 valence electrons. The van der Waals surface area contributed by atoms with Crippen molar-refractivity contribution >= 4 is 5.91 Å². The number of hydrogen-bond donors (Lipinski definition) is 0. The number of likely N-dealkylation sites (tertiary alicyclic amines) is 2. The lowest BCUT2D eigenvalue weighted by Crippen LogP contribution is -2.44. The zero-order valence-electron chi connectivity index (χ0n) is 17.3. The standard InChI is InChI=1S/C17H25N3O.2C2H6/c1-13-9-19(10-13)11-14-5-4-6-15(18-14)16(21)20-8-7-17(2,3)12-20;2*1-2/h4-6,13H,7-12H2,1-3H3;2*1-2H3. The first kappa shape index (κ1) is 21.6. The zero-order valence-corrected chi connectivity index (χ0v) is 17.3. The molecule has 25 heavy (non-hydrogen) atoms. The van der Waals surface area contributed by atoms with Gasteiger partial charge in [0.05, 0.1) is 5.69 Å². The van der Waals surface area contributed by atoms with Crippen LogP contribution in [-0.4, -0.2) is 46.9 Å². The number of aromatic nitrogens is 1. The normalized spacial score (nSPS) is 19.2. The van der Waals surface area contributed by atoms with E-state index in [0.29, 0.717) is 5.69 Å². The van der Waals surface area contributed by atoms with Crippen molar-refractivity contribution in [3.63, 3.8) is 0 Å². The van der Waals surface area contributed by atoms with Gasteiger partial charge >= 0.3 is 0 Å². The largest absolute Gasteiger partial charge is 0.337 e. The molecule has 0 aliphatic carbocycles. The molecule has 1 aromatic heterocycles. The van der Waals surface area contributed by atoms with Crippen molar-refractivity contribution in [3.05, 3.63) is 29.6 Å². The van der Waals surface area contributed by atoms with Gasteiger partial charge < -0.3 is 4.90 Å². The second-order valence-corrected chi connectivity index (χ2v) is 7.45. The van der Waals surface area contributed by atoms with Gasteiger partial charge in [-0.15, -0.1) is 0 Å². The highest BCUT2D eigenvalue weighted by Crippen LogP contribution is 2.29. The van der Waals surface area contributed by atoms with E-state index in [4.69, 9.17) is 0 Å². The third-order valence-corrected chi connectivity index (χ3v) is 4.52. The molecule has 2 fully saturated rings. The molecule has 4 nitrogen and oxygen atoms in total. The summed E-state index contributed by atoms with van der Waals surface area (Å²) in [6.07, 6.45) is 1.07. The first-order chi connectivity index (χ1) is 11.9. The maximum absolute atomic E-state index is 12.6. The lowest BCUT2D eigenvalue weighted by atomic mass is 9.93. The summed E-state index contributed by atoms with van der Waals surface area (Å²) < 4.78 is 0. The van der Waals surface area contributed by atoms with E-state index in [9.17, 15) is 4.79 Å². The summed E-state index contributed by atoms with van der Waals surface area (Å²) in [5, 5.41) is 0. The van der Waals surface area contributed by atoms with Gasteiger partial charge in [-0.1, -0.05) is 54.5 Å². The van der Waals surface area contributed by atoms with Crippen molar-refractivity contribution in [2.24, 2.45) is 11.3 Å². The van der Waals surface area contributed by atoms with Crippen LogP contribution in [0, 0.1) is 11.3 Å². The van der Waals surface area contributed by atoms with Crippen LogP contribution in [0.1, 0.15) is 71.1 Å². The van der Waals surface area contributed by atoms with Crippen molar-refractivity contribution in [1.29, 1.82) is 0 Å². The first-order valence-corrected chi connectivity index (χ1v) is 9.90. The molecule has 3 heterocycles. The monoisotopic (exact) mass is 347 g/mol. The predicted octanol–water partition coefficient (Wildman–Crippen LogP) is 4.46. The van der Waals surface area contributed by atoms with Crippen LogP contribution >= 0.6 is 0 Å². The van der Waals surface area contributed by atoms with Gasteiger partial charge in [0.25, 0.3) is 5.91 Å². The Morgan fingerprint density at radius 3 is 2.36 bits per heavy atom. The van der Waals surface area contributed by atoms with Gasteiger partial charge in [-0.2, -0.15) is 0 Å². The predicted molar refractivity (Wildman–Crippen MR) is 106 cm³/mol. The third kappa shape index (κ3) is 6.10. The highest BCUT2D eigenvalue weighted by molar-refractivity contribution is 5.92. The van der Waals surface area contributed by atoms with Crippen LogP contribution in [0.25, 0.3) is 0 Å². The van der Waals surface area contributed by atoms with Crippen LogP contribution in [0.2, 0.25) is 0 Å². The zero-order chi connectivity index (χ0) is 19.0. The molecular formula is C21H37N3O. The number of carbonyl (C=O) groups is 1. The molecule has 0 unspecified atom stereocenters. The van der Waals surface area contributed by atoms with E-state index in [1.807, 2.05) is 50.8 Å². The van der Waals surface area contributed by atoms with Crippen molar-refractivity contribution < 1.29 is 4.79 Å². The lowest BCUT2D eigenvalue weighted by Gasteiger charge is -2.36. The van der Waals surface area contributed by atoms with Crippen molar-refractivity contribution in [2.45, 2.75) is 61.4 Å². The number of amides is 1. The van der Waals surface area contributed by atoms with E-state index in [1.165, 1.54) is 0 Å². The molecule has 4 heteroatoms. The Morgan fingerprint density at radius 1 is 1.20 bits per heavy atom. The molecule has 1 aromatic rings. The van der Waals surface area contributed by atoms with E-state index in [2.05, 4.69) is 30.7 Å². The van der Waals surface area contributed by atoms with Crippen molar-refractivity contribution in [2.75, 3.05) is 26.2 Å². The van der Waals surface area contributed by atoms with Crippen LogP contribution in [0.15, 0.2) is 18.2 Å². The molecule has 0 radical (unpaired) electrons. The Kier molecular flexibility index (Phi) is 8.57. The Balaban J connectivity index is 0.000000730. The van der Waals surface area contributed by atoms with E-state index in [0.717, 1.165) is 50.8 Å². The fourth-order valence-corrected chi connectivity index (χ4v) is 3.32. The summed E-state index contributed by atoms with van der Waals surface area (Å²) in [4.78, 5) is 21.5. The lowest BCUT2D eigenvalue weighted by molar-refractivity contribution is 0.0770. The van der Waals surface area contributed by atoms with Crippen LogP contribution in [0.3, 0.4) is 0 Å². The highest BCUT2D eigenvalue weighted by Gasteiger charge is 2.33. The number of rotatable bonds is 3. The Labute approximate surface area is 154 Å². The van der Waals surface area contributed by atoms with Crippen molar-refractivity contribution in [1.82, 2.24) is 14.8 Å². The smallest absolute Gasteiger partial charge is 0.272 e. The minimum atomic E-state index is 0.0828. The topological polar surface area (TPSA) is 36.4 Å². The van der Waals surface area contributed by atoms with Crippen molar-refractivity contribution in [3.8, 4) is 0 Å².